The normalized spacial score (nSPS) is 12.3. The lowest BCUT2D eigenvalue weighted by atomic mass is 10.2. The molecule has 0 atom stereocenters. The van der Waals surface area contributed by atoms with Crippen LogP contribution in [0.25, 0.3) is 0 Å². The second kappa shape index (κ2) is 8.57. The number of para-hydroxylation sites is 1. The highest BCUT2D eigenvalue weighted by Crippen LogP contribution is 2.36. The molecule has 0 bridgehead atoms. The number of amides is 1. The molecule has 3 aromatic carbocycles. The van der Waals surface area contributed by atoms with Crippen molar-refractivity contribution in [2.45, 2.75) is 0 Å². The summed E-state index contributed by atoms with van der Waals surface area (Å²) in [5.41, 5.74) is 0.832. The van der Waals surface area contributed by atoms with Gasteiger partial charge in [-0.05, 0) is 48.5 Å². The molecule has 0 saturated carbocycles. The van der Waals surface area contributed by atoms with E-state index in [0.29, 0.717) is 34.4 Å². The molecule has 9 heteroatoms. The lowest BCUT2D eigenvalue weighted by molar-refractivity contribution is -0.114. The van der Waals surface area contributed by atoms with Gasteiger partial charge in [0.2, 0.25) is 22.7 Å². The maximum Gasteiger partial charge on any atom is 0.245 e. The SMILES string of the molecule is CS(=O)(=O)N(CC(=O)Nc1ccc(Oc2ccccc2)cc1)c1ccc2c(c1)OCO2. The molecule has 0 saturated heterocycles. The first kappa shape index (κ1) is 20.5. The fraction of sp³-hybridized carbons (Fsp3) is 0.136. The van der Waals surface area contributed by atoms with Gasteiger partial charge in [-0.3, -0.25) is 9.10 Å². The maximum atomic E-state index is 12.5. The molecule has 0 radical (unpaired) electrons. The van der Waals surface area contributed by atoms with Crippen molar-refractivity contribution < 1.29 is 27.4 Å². The van der Waals surface area contributed by atoms with E-state index in [1.807, 2.05) is 30.3 Å². The van der Waals surface area contributed by atoms with Crippen molar-refractivity contribution in [1.82, 2.24) is 0 Å². The number of nitrogens with one attached hydrogen (secondary N) is 1. The van der Waals surface area contributed by atoms with Gasteiger partial charge in [-0.15, -0.1) is 0 Å². The van der Waals surface area contributed by atoms with Gasteiger partial charge in [0.1, 0.15) is 18.0 Å². The van der Waals surface area contributed by atoms with Crippen LogP contribution in [0.15, 0.2) is 72.8 Å². The average Bonchev–Trinajstić information content (AvgIpc) is 3.21. The van der Waals surface area contributed by atoms with E-state index in [-0.39, 0.29) is 13.3 Å². The van der Waals surface area contributed by atoms with Crippen LogP contribution < -0.4 is 23.8 Å². The highest BCUT2D eigenvalue weighted by Gasteiger charge is 2.23. The molecule has 8 nitrogen and oxygen atoms in total. The number of carbonyl (C=O) groups excluding carboxylic acids is 1. The minimum atomic E-state index is -3.71. The van der Waals surface area contributed by atoms with Crippen molar-refractivity contribution in [2.24, 2.45) is 0 Å². The molecule has 1 aliphatic rings. The molecular weight excluding hydrogens is 420 g/mol. The first-order valence-electron chi connectivity index (χ1n) is 9.39. The van der Waals surface area contributed by atoms with Crippen LogP contribution in [0.1, 0.15) is 0 Å². The van der Waals surface area contributed by atoms with Gasteiger partial charge < -0.3 is 19.5 Å². The largest absolute Gasteiger partial charge is 0.457 e. The second-order valence-corrected chi connectivity index (χ2v) is 8.70. The van der Waals surface area contributed by atoms with E-state index in [4.69, 9.17) is 14.2 Å². The summed E-state index contributed by atoms with van der Waals surface area (Å²) in [6, 6.07) is 20.8. The topological polar surface area (TPSA) is 94.2 Å². The third-order valence-corrected chi connectivity index (χ3v) is 5.59. The van der Waals surface area contributed by atoms with E-state index >= 15 is 0 Å². The van der Waals surface area contributed by atoms with E-state index in [1.54, 1.807) is 36.4 Å². The van der Waals surface area contributed by atoms with E-state index < -0.39 is 15.9 Å². The molecule has 160 valence electrons. The Kier molecular flexibility index (Phi) is 5.68. The Morgan fingerprint density at radius 1 is 0.968 bits per heavy atom. The Labute approximate surface area is 180 Å². The van der Waals surface area contributed by atoms with Crippen LogP contribution in [0, 0.1) is 0 Å². The summed E-state index contributed by atoms with van der Waals surface area (Å²) in [4.78, 5) is 12.5. The minimum Gasteiger partial charge on any atom is -0.457 e. The molecule has 31 heavy (non-hydrogen) atoms. The number of anilines is 2. The number of carbonyl (C=O) groups is 1. The van der Waals surface area contributed by atoms with Crippen LogP contribution in [0.3, 0.4) is 0 Å². The third-order valence-electron chi connectivity index (χ3n) is 4.45. The standard InChI is InChI=1S/C22H20N2O6S/c1-31(26,27)24(17-9-12-20-21(13-17)29-15-28-20)14-22(25)23-16-7-10-19(11-8-16)30-18-5-3-2-4-6-18/h2-13H,14-15H2,1H3,(H,23,25). The molecule has 1 N–H and O–H groups in total. The second-order valence-electron chi connectivity index (χ2n) is 6.79. The number of sulfonamides is 1. The monoisotopic (exact) mass is 440 g/mol. The zero-order valence-electron chi connectivity index (χ0n) is 16.6. The van der Waals surface area contributed by atoms with Crippen LogP contribution in [-0.4, -0.2) is 33.9 Å². The summed E-state index contributed by atoms with van der Waals surface area (Å²) >= 11 is 0. The van der Waals surface area contributed by atoms with E-state index in [1.165, 1.54) is 6.07 Å². The van der Waals surface area contributed by atoms with E-state index in [2.05, 4.69) is 5.32 Å². The summed E-state index contributed by atoms with van der Waals surface area (Å²) < 4.78 is 41.9. The Morgan fingerprint density at radius 3 is 2.35 bits per heavy atom. The highest BCUT2D eigenvalue weighted by atomic mass is 32.2. The molecule has 1 aliphatic heterocycles. The molecular formula is C22H20N2O6S. The zero-order chi connectivity index (χ0) is 21.8. The molecule has 1 amide bonds. The average molecular weight is 440 g/mol. The molecule has 1 heterocycles. The Hall–Kier alpha value is -3.72. The maximum absolute atomic E-state index is 12.5. The molecule has 3 aromatic rings. The fourth-order valence-electron chi connectivity index (χ4n) is 3.00. The van der Waals surface area contributed by atoms with Gasteiger partial charge in [0.25, 0.3) is 0 Å². The van der Waals surface area contributed by atoms with Gasteiger partial charge in [0.15, 0.2) is 11.5 Å². The quantitative estimate of drug-likeness (QED) is 0.603. The van der Waals surface area contributed by atoms with Crippen molar-refractivity contribution in [1.29, 1.82) is 0 Å². The Balaban J connectivity index is 1.43. The van der Waals surface area contributed by atoms with Crippen LogP contribution in [0.2, 0.25) is 0 Å². The summed E-state index contributed by atoms with van der Waals surface area (Å²) in [7, 11) is -3.71. The van der Waals surface area contributed by atoms with Crippen LogP contribution in [-0.2, 0) is 14.8 Å². The van der Waals surface area contributed by atoms with Crippen LogP contribution >= 0.6 is 0 Å². The van der Waals surface area contributed by atoms with Crippen molar-refractivity contribution in [2.75, 3.05) is 29.2 Å². The highest BCUT2D eigenvalue weighted by molar-refractivity contribution is 7.92. The van der Waals surface area contributed by atoms with E-state index in [9.17, 15) is 13.2 Å². The summed E-state index contributed by atoms with van der Waals surface area (Å²) in [6.45, 7) is -0.317. The summed E-state index contributed by atoms with van der Waals surface area (Å²) in [6.07, 6.45) is 1.04. The van der Waals surface area contributed by atoms with E-state index in [0.717, 1.165) is 10.6 Å². The van der Waals surface area contributed by atoms with Crippen LogP contribution in [0.4, 0.5) is 11.4 Å². The summed E-state index contributed by atoms with van der Waals surface area (Å²) in [5, 5.41) is 2.70. The van der Waals surface area contributed by atoms with Gasteiger partial charge in [-0.25, -0.2) is 8.42 Å². The van der Waals surface area contributed by atoms with Gasteiger partial charge >= 0.3 is 0 Å². The van der Waals surface area contributed by atoms with Gasteiger partial charge in [0.05, 0.1) is 11.9 Å². The molecule has 0 spiro atoms. The van der Waals surface area contributed by atoms with Gasteiger partial charge in [-0.1, -0.05) is 18.2 Å². The Bertz CT molecular complexity index is 1180. The number of hydrogen-bond donors (Lipinski definition) is 1. The fourth-order valence-corrected chi connectivity index (χ4v) is 3.85. The Morgan fingerprint density at radius 2 is 1.65 bits per heavy atom. The molecule has 0 aromatic heterocycles. The zero-order valence-corrected chi connectivity index (χ0v) is 17.5. The van der Waals surface area contributed by atoms with Crippen molar-refractivity contribution >= 4 is 27.3 Å². The molecule has 4 rings (SSSR count). The lowest BCUT2D eigenvalue weighted by Gasteiger charge is -2.22. The number of rotatable bonds is 7. The molecule has 0 fully saturated rings. The van der Waals surface area contributed by atoms with Gasteiger partial charge in [-0.2, -0.15) is 0 Å². The van der Waals surface area contributed by atoms with Crippen molar-refractivity contribution in [3.05, 3.63) is 72.8 Å². The predicted octanol–water partition coefficient (Wildman–Crippen LogP) is 3.61. The van der Waals surface area contributed by atoms with Gasteiger partial charge in [0, 0.05) is 11.8 Å². The van der Waals surface area contributed by atoms with Crippen LogP contribution in [0.5, 0.6) is 23.0 Å². The molecule has 0 aliphatic carbocycles. The predicted molar refractivity (Wildman–Crippen MR) is 116 cm³/mol. The number of hydrogen-bond acceptors (Lipinski definition) is 6. The first-order chi connectivity index (χ1) is 14.9. The number of fused-ring (bicyclic) bond motifs is 1. The number of nitrogens with zero attached hydrogens (tertiary/aromatic N) is 1. The minimum absolute atomic E-state index is 0.0716. The third kappa shape index (κ3) is 5.07. The number of ether oxygens (including phenoxy) is 3. The van der Waals surface area contributed by atoms with Crippen molar-refractivity contribution in [3.8, 4) is 23.0 Å². The summed E-state index contributed by atoms with van der Waals surface area (Å²) in [5.74, 6) is 1.79. The molecule has 0 unspecified atom stereocenters. The number of benzene rings is 3. The van der Waals surface area contributed by atoms with Crippen molar-refractivity contribution in [3.63, 3.8) is 0 Å². The first-order valence-corrected chi connectivity index (χ1v) is 11.2. The smallest absolute Gasteiger partial charge is 0.245 e. The lowest BCUT2D eigenvalue weighted by Crippen LogP contribution is -2.37.